The molecule has 1 saturated heterocycles. The molecule has 1 aliphatic heterocycles. The molecule has 5 nitrogen and oxygen atoms in total. The lowest BCUT2D eigenvalue weighted by molar-refractivity contribution is -0.132. The lowest BCUT2D eigenvalue weighted by Crippen LogP contribution is -2.32. The number of carbonyl (C=O) groups is 1. The second-order valence-corrected chi connectivity index (χ2v) is 6.57. The Labute approximate surface area is 154 Å². The van der Waals surface area contributed by atoms with Gasteiger partial charge >= 0.3 is 0 Å². The second-order valence-electron chi connectivity index (χ2n) is 6.57. The fourth-order valence-corrected chi connectivity index (χ4v) is 3.17. The van der Waals surface area contributed by atoms with Gasteiger partial charge in [0.05, 0.1) is 6.61 Å². The van der Waals surface area contributed by atoms with Crippen LogP contribution in [-0.4, -0.2) is 35.6 Å². The molecule has 2 aromatic rings. The van der Waals surface area contributed by atoms with Crippen molar-refractivity contribution in [2.75, 3.05) is 19.7 Å². The number of para-hydroxylation sites is 1. The van der Waals surface area contributed by atoms with E-state index >= 15 is 0 Å². The summed E-state index contributed by atoms with van der Waals surface area (Å²) in [6.45, 7) is 3.19. The molecule has 2 aromatic carbocycles. The maximum atomic E-state index is 12.2. The molecular formula is C21H26N2O3. The molecular weight excluding hydrogens is 328 g/mol. The number of aliphatic hydroxyl groups excluding tert-OH is 1. The highest BCUT2D eigenvalue weighted by atomic mass is 16.5. The van der Waals surface area contributed by atoms with Crippen LogP contribution >= 0.6 is 0 Å². The fraction of sp³-hybridized carbons (Fsp3) is 0.381. The van der Waals surface area contributed by atoms with E-state index in [4.69, 9.17) is 4.74 Å². The summed E-state index contributed by atoms with van der Waals surface area (Å²) in [6.07, 6.45) is 2.17. The number of amides is 1. The summed E-state index contributed by atoms with van der Waals surface area (Å²) in [4.78, 5) is 14.0. The Morgan fingerprint density at radius 3 is 2.62 bits per heavy atom. The van der Waals surface area contributed by atoms with E-state index in [1.165, 1.54) is 0 Å². The highest BCUT2D eigenvalue weighted by molar-refractivity contribution is 5.78. The Morgan fingerprint density at radius 2 is 1.81 bits per heavy atom. The van der Waals surface area contributed by atoms with Crippen LogP contribution in [0, 0.1) is 0 Å². The van der Waals surface area contributed by atoms with Gasteiger partial charge in [-0.05, 0) is 30.0 Å². The van der Waals surface area contributed by atoms with E-state index < -0.39 is 0 Å². The molecule has 0 atom stereocenters. The van der Waals surface area contributed by atoms with Crippen LogP contribution < -0.4 is 10.1 Å². The van der Waals surface area contributed by atoms with Crippen molar-refractivity contribution >= 4 is 5.91 Å². The Kier molecular flexibility index (Phi) is 6.63. The SMILES string of the molecule is O=C(COc1ccccc1CNCc1cccc(CO)c1)N1CCCC1. The topological polar surface area (TPSA) is 61.8 Å². The lowest BCUT2D eigenvalue weighted by Gasteiger charge is -2.17. The quantitative estimate of drug-likeness (QED) is 0.764. The summed E-state index contributed by atoms with van der Waals surface area (Å²) in [5.74, 6) is 0.808. The van der Waals surface area contributed by atoms with Crippen molar-refractivity contribution in [3.8, 4) is 5.75 Å². The summed E-state index contributed by atoms with van der Waals surface area (Å²) in [6, 6.07) is 15.7. The number of hydrogen-bond donors (Lipinski definition) is 2. The van der Waals surface area contributed by atoms with Crippen LogP contribution in [0.25, 0.3) is 0 Å². The van der Waals surface area contributed by atoms with Gasteiger partial charge in [0.15, 0.2) is 6.61 Å². The van der Waals surface area contributed by atoms with Gasteiger partial charge in [0.1, 0.15) is 5.75 Å². The van der Waals surface area contributed by atoms with Gasteiger partial charge in [0.25, 0.3) is 5.91 Å². The van der Waals surface area contributed by atoms with Crippen molar-refractivity contribution in [2.24, 2.45) is 0 Å². The van der Waals surface area contributed by atoms with Crippen LogP contribution in [0.5, 0.6) is 5.75 Å². The molecule has 1 amide bonds. The van der Waals surface area contributed by atoms with Crippen LogP contribution in [0.3, 0.4) is 0 Å². The number of ether oxygens (including phenoxy) is 1. The van der Waals surface area contributed by atoms with Crippen LogP contribution in [0.4, 0.5) is 0 Å². The number of carbonyl (C=O) groups excluding carboxylic acids is 1. The Bertz CT molecular complexity index is 727. The van der Waals surface area contributed by atoms with Crippen LogP contribution in [0.1, 0.15) is 29.5 Å². The number of aliphatic hydroxyl groups is 1. The minimum atomic E-state index is 0.0512. The minimum absolute atomic E-state index is 0.0512. The number of nitrogens with zero attached hydrogens (tertiary/aromatic N) is 1. The van der Waals surface area contributed by atoms with Crippen molar-refractivity contribution in [3.63, 3.8) is 0 Å². The lowest BCUT2D eigenvalue weighted by atomic mass is 10.1. The predicted octanol–water partition coefficient (Wildman–Crippen LogP) is 2.47. The zero-order valence-electron chi connectivity index (χ0n) is 15.0. The highest BCUT2D eigenvalue weighted by Gasteiger charge is 2.18. The third kappa shape index (κ3) is 5.07. The maximum Gasteiger partial charge on any atom is 0.260 e. The van der Waals surface area contributed by atoms with E-state index in [2.05, 4.69) is 5.32 Å². The molecule has 0 aromatic heterocycles. The summed E-state index contributed by atoms with van der Waals surface area (Å²) in [5, 5.41) is 12.6. The van der Waals surface area contributed by atoms with E-state index in [0.717, 1.165) is 48.4 Å². The largest absolute Gasteiger partial charge is 0.483 e. The van der Waals surface area contributed by atoms with Crippen LogP contribution in [-0.2, 0) is 24.5 Å². The van der Waals surface area contributed by atoms with E-state index in [0.29, 0.717) is 13.1 Å². The first-order chi connectivity index (χ1) is 12.8. The van der Waals surface area contributed by atoms with E-state index in [1.807, 2.05) is 53.4 Å². The summed E-state index contributed by atoms with van der Waals surface area (Å²) >= 11 is 0. The standard InChI is InChI=1S/C21H26N2O3/c24-15-18-7-5-6-17(12-18)13-22-14-19-8-1-2-9-20(19)26-16-21(25)23-10-3-4-11-23/h1-2,5-9,12,22,24H,3-4,10-11,13-16H2. The molecule has 0 unspecified atom stereocenters. The highest BCUT2D eigenvalue weighted by Crippen LogP contribution is 2.18. The van der Waals surface area contributed by atoms with Crippen molar-refractivity contribution in [2.45, 2.75) is 32.5 Å². The maximum absolute atomic E-state index is 12.2. The molecule has 1 heterocycles. The van der Waals surface area contributed by atoms with Gasteiger partial charge in [0.2, 0.25) is 0 Å². The predicted molar refractivity (Wildman–Crippen MR) is 101 cm³/mol. The normalized spacial score (nSPS) is 13.8. The molecule has 1 fully saturated rings. The molecule has 5 heteroatoms. The van der Waals surface area contributed by atoms with Gasteiger partial charge in [-0.3, -0.25) is 4.79 Å². The third-order valence-electron chi connectivity index (χ3n) is 4.60. The van der Waals surface area contributed by atoms with Gasteiger partial charge in [-0.1, -0.05) is 42.5 Å². The monoisotopic (exact) mass is 354 g/mol. The molecule has 3 rings (SSSR count). The Balaban J connectivity index is 1.52. The molecule has 0 spiro atoms. The zero-order chi connectivity index (χ0) is 18.2. The first kappa shape index (κ1) is 18.4. The number of benzene rings is 2. The van der Waals surface area contributed by atoms with E-state index in [1.54, 1.807) is 0 Å². The number of likely N-dealkylation sites (tertiary alicyclic amines) is 1. The first-order valence-electron chi connectivity index (χ1n) is 9.14. The minimum Gasteiger partial charge on any atom is -0.483 e. The van der Waals surface area contributed by atoms with Crippen molar-refractivity contribution < 1.29 is 14.6 Å². The summed E-state index contributed by atoms with van der Waals surface area (Å²) < 4.78 is 5.79. The molecule has 26 heavy (non-hydrogen) atoms. The van der Waals surface area contributed by atoms with Gasteiger partial charge in [-0.2, -0.15) is 0 Å². The zero-order valence-corrected chi connectivity index (χ0v) is 15.0. The number of rotatable bonds is 8. The average Bonchev–Trinajstić information content (AvgIpc) is 3.22. The molecule has 0 aliphatic carbocycles. The Hall–Kier alpha value is -2.37. The number of nitrogens with one attached hydrogen (secondary N) is 1. The summed E-state index contributed by atoms with van der Waals surface area (Å²) in [5.41, 5.74) is 3.06. The van der Waals surface area contributed by atoms with Gasteiger partial charge in [-0.15, -0.1) is 0 Å². The molecule has 0 bridgehead atoms. The average molecular weight is 354 g/mol. The molecule has 0 radical (unpaired) electrons. The van der Waals surface area contributed by atoms with Crippen molar-refractivity contribution in [1.82, 2.24) is 10.2 Å². The van der Waals surface area contributed by atoms with Gasteiger partial charge < -0.3 is 20.1 Å². The van der Waals surface area contributed by atoms with Crippen LogP contribution in [0.15, 0.2) is 48.5 Å². The van der Waals surface area contributed by atoms with E-state index in [9.17, 15) is 9.90 Å². The van der Waals surface area contributed by atoms with Crippen LogP contribution in [0.2, 0.25) is 0 Å². The molecule has 1 aliphatic rings. The molecule has 138 valence electrons. The van der Waals surface area contributed by atoms with E-state index in [-0.39, 0.29) is 19.1 Å². The summed E-state index contributed by atoms with van der Waals surface area (Å²) in [7, 11) is 0. The smallest absolute Gasteiger partial charge is 0.260 e. The molecule has 2 N–H and O–H groups in total. The van der Waals surface area contributed by atoms with Gasteiger partial charge in [0, 0.05) is 31.7 Å². The van der Waals surface area contributed by atoms with Crippen molar-refractivity contribution in [3.05, 3.63) is 65.2 Å². The fourth-order valence-electron chi connectivity index (χ4n) is 3.17. The second kappa shape index (κ2) is 9.36. The third-order valence-corrected chi connectivity index (χ3v) is 4.60. The molecule has 0 saturated carbocycles. The number of hydrogen-bond acceptors (Lipinski definition) is 4. The van der Waals surface area contributed by atoms with Crippen molar-refractivity contribution in [1.29, 1.82) is 0 Å². The van der Waals surface area contributed by atoms with Gasteiger partial charge in [-0.25, -0.2) is 0 Å². The first-order valence-corrected chi connectivity index (χ1v) is 9.14. The Morgan fingerprint density at radius 1 is 1.04 bits per heavy atom.